The van der Waals surface area contributed by atoms with Crippen molar-refractivity contribution < 1.29 is 0 Å². The number of nitrogens with zero attached hydrogens (tertiary/aromatic N) is 1. The first-order valence-electron chi connectivity index (χ1n) is 8.64. The Morgan fingerprint density at radius 3 is 2.52 bits per heavy atom. The molecular formula is C21H23ClN2O. The molecule has 0 unspecified atom stereocenters. The molecule has 2 aromatic carbocycles. The Labute approximate surface area is 153 Å². The first kappa shape index (κ1) is 17.7. The second-order valence-electron chi connectivity index (χ2n) is 6.54. The maximum atomic E-state index is 12.4. The predicted molar refractivity (Wildman–Crippen MR) is 105 cm³/mol. The molecule has 3 rings (SSSR count). The normalized spacial score (nSPS) is 11.4. The highest BCUT2D eigenvalue weighted by Crippen LogP contribution is 2.15. The van der Waals surface area contributed by atoms with Crippen LogP contribution in [0.4, 0.5) is 0 Å². The van der Waals surface area contributed by atoms with Crippen LogP contribution >= 0.6 is 11.6 Å². The molecule has 0 aliphatic heterocycles. The van der Waals surface area contributed by atoms with Crippen LogP contribution in [0.15, 0.2) is 53.3 Å². The van der Waals surface area contributed by atoms with E-state index >= 15 is 0 Å². The molecule has 1 N–H and O–H groups in total. The summed E-state index contributed by atoms with van der Waals surface area (Å²) in [6, 6.07) is 15.6. The zero-order valence-corrected chi connectivity index (χ0v) is 15.4. The van der Waals surface area contributed by atoms with Gasteiger partial charge in [-0.2, -0.15) is 0 Å². The van der Waals surface area contributed by atoms with Crippen molar-refractivity contribution in [2.24, 2.45) is 0 Å². The van der Waals surface area contributed by atoms with Crippen LogP contribution in [0.5, 0.6) is 0 Å². The van der Waals surface area contributed by atoms with E-state index in [4.69, 9.17) is 11.6 Å². The van der Waals surface area contributed by atoms with Crippen LogP contribution in [0.1, 0.15) is 30.2 Å². The van der Waals surface area contributed by atoms with Crippen LogP contribution in [-0.2, 0) is 13.1 Å². The molecule has 25 heavy (non-hydrogen) atoms. The maximum Gasteiger partial charge on any atom is 0.189 e. The lowest BCUT2D eigenvalue weighted by atomic mass is 10.1. The number of halogens is 1. The highest BCUT2D eigenvalue weighted by Gasteiger charge is 2.09. The second-order valence-corrected chi connectivity index (χ2v) is 6.98. The summed E-state index contributed by atoms with van der Waals surface area (Å²) in [5.41, 5.74) is 4.24. The summed E-state index contributed by atoms with van der Waals surface area (Å²) in [4.78, 5) is 18.2. The molecule has 0 radical (unpaired) electrons. The molecule has 3 nitrogen and oxygen atoms in total. The molecule has 130 valence electrons. The van der Waals surface area contributed by atoms with Gasteiger partial charge in [0.1, 0.15) is 0 Å². The summed E-state index contributed by atoms with van der Waals surface area (Å²) in [5, 5.41) is 1.50. The molecule has 0 aliphatic rings. The maximum absolute atomic E-state index is 12.4. The van der Waals surface area contributed by atoms with Crippen LogP contribution in [-0.4, -0.2) is 16.4 Å². The summed E-state index contributed by atoms with van der Waals surface area (Å²) < 4.78 is 0. The topological polar surface area (TPSA) is 36.1 Å². The van der Waals surface area contributed by atoms with E-state index in [2.05, 4.69) is 28.9 Å². The van der Waals surface area contributed by atoms with Crippen molar-refractivity contribution in [2.45, 2.75) is 33.4 Å². The standard InChI is InChI=1S/C21H23ClN2O/c1-3-10-24(13-16-5-7-17(22)8-6-16)14-18-12-21(25)19-11-15(2)4-9-20(19)23-18/h4-9,11-12H,3,10,13-14H2,1-2H3,(H,23,25). The molecule has 0 spiro atoms. The Hall–Kier alpha value is -2.10. The third-order valence-electron chi connectivity index (χ3n) is 4.29. The molecule has 0 aliphatic carbocycles. The van der Waals surface area contributed by atoms with Crippen molar-refractivity contribution in [1.29, 1.82) is 0 Å². The van der Waals surface area contributed by atoms with Gasteiger partial charge in [-0.15, -0.1) is 0 Å². The van der Waals surface area contributed by atoms with Crippen LogP contribution in [0.2, 0.25) is 5.02 Å². The summed E-state index contributed by atoms with van der Waals surface area (Å²) in [6.45, 7) is 6.69. The Balaban J connectivity index is 1.84. The summed E-state index contributed by atoms with van der Waals surface area (Å²) in [6.07, 6.45) is 1.06. The van der Waals surface area contributed by atoms with Gasteiger partial charge in [0.05, 0.1) is 0 Å². The number of fused-ring (bicyclic) bond motifs is 1. The molecule has 0 fully saturated rings. The van der Waals surface area contributed by atoms with Crippen molar-refractivity contribution in [3.63, 3.8) is 0 Å². The van der Waals surface area contributed by atoms with Crippen molar-refractivity contribution >= 4 is 22.5 Å². The summed E-state index contributed by atoms with van der Waals surface area (Å²) >= 11 is 5.97. The fraction of sp³-hybridized carbons (Fsp3) is 0.286. The first-order valence-corrected chi connectivity index (χ1v) is 9.02. The SMILES string of the molecule is CCCN(Cc1ccc(Cl)cc1)Cc1cc(=O)c2cc(C)ccc2[nH]1. The van der Waals surface area contributed by atoms with Gasteiger partial charge in [0, 0.05) is 40.8 Å². The lowest BCUT2D eigenvalue weighted by molar-refractivity contribution is 0.254. The van der Waals surface area contributed by atoms with E-state index in [0.717, 1.165) is 53.2 Å². The van der Waals surface area contributed by atoms with Gasteiger partial charge < -0.3 is 4.98 Å². The van der Waals surface area contributed by atoms with Crippen LogP contribution < -0.4 is 5.43 Å². The van der Waals surface area contributed by atoms with Gasteiger partial charge in [-0.3, -0.25) is 9.69 Å². The number of benzene rings is 2. The average molecular weight is 355 g/mol. The summed E-state index contributed by atoms with van der Waals surface area (Å²) in [5.74, 6) is 0. The lowest BCUT2D eigenvalue weighted by Gasteiger charge is -2.22. The van der Waals surface area contributed by atoms with Crippen LogP contribution in [0.3, 0.4) is 0 Å². The second kappa shape index (κ2) is 7.85. The monoisotopic (exact) mass is 354 g/mol. The Bertz CT molecular complexity index is 915. The lowest BCUT2D eigenvalue weighted by Crippen LogP contribution is -2.25. The van der Waals surface area contributed by atoms with E-state index in [9.17, 15) is 4.79 Å². The molecule has 0 amide bonds. The number of aromatic nitrogens is 1. The molecule has 1 aromatic heterocycles. The van der Waals surface area contributed by atoms with E-state index in [1.165, 1.54) is 5.56 Å². The van der Waals surface area contributed by atoms with Gasteiger partial charge in [0.25, 0.3) is 0 Å². The molecule has 0 saturated heterocycles. The fourth-order valence-electron chi connectivity index (χ4n) is 3.12. The third kappa shape index (κ3) is 4.50. The molecule has 0 atom stereocenters. The van der Waals surface area contributed by atoms with Gasteiger partial charge in [-0.05, 0) is 49.7 Å². The number of pyridine rings is 1. The van der Waals surface area contributed by atoms with Gasteiger partial charge >= 0.3 is 0 Å². The van der Waals surface area contributed by atoms with Gasteiger partial charge in [0.15, 0.2) is 5.43 Å². The zero-order valence-electron chi connectivity index (χ0n) is 14.7. The predicted octanol–water partition coefficient (Wildman–Crippen LogP) is 4.90. The van der Waals surface area contributed by atoms with Gasteiger partial charge in [0.2, 0.25) is 0 Å². The van der Waals surface area contributed by atoms with Crippen molar-refractivity contribution in [3.05, 3.63) is 80.6 Å². The van der Waals surface area contributed by atoms with E-state index in [0.29, 0.717) is 0 Å². The minimum absolute atomic E-state index is 0.0791. The molecular weight excluding hydrogens is 332 g/mol. The quantitative estimate of drug-likeness (QED) is 0.683. The number of hydrogen-bond acceptors (Lipinski definition) is 2. The van der Waals surface area contributed by atoms with E-state index in [1.54, 1.807) is 6.07 Å². The van der Waals surface area contributed by atoms with Crippen molar-refractivity contribution in [3.8, 4) is 0 Å². The molecule has 1 heterocycles. The number of aromatic amines is 1. The first-order chi connectivity index (χ1) is 12.0. The Kier molecular flexibility index (Phi) is 5.57. The van der Waals surface area contributed by atoms with Gasteiger partial charge in [-0.1, -0.05) is 42.3 Å². The zero-order chi connectivity index (χ0) is 17.8. The molecule has 0 bridgehead atoms. The van der Waals surface area contributed by atoms with Crippen molar-refractivity contribution in [2.75, 3.05) is 6.54 Å². The number of nitrogens with one attached hydrogen (secondary N) is 1. The third-order valence-corrected chi connectivity index (χ3v) is 4.55. The molecule has 0 saturated carbocycles. The van der Waals surface area contributed by atoms with E-state index in [1.807, 2.05) is 37.3 Å². The number of rotatable bonds is 6. The highest BCUT2D eigenvalue weighted by atomic mass is 35.5. The number of aryl methyl sites for hydroxylation is 1. The minimum atomic E-state index is 0.0791. The number of hydrogen-bond donors (Lipinski definition) is 1. The molecule has 3 aromatic rings. The van der Waals surface area contributed by atoms with E-state index < -0.39 is 0 Å². The van der Waals surface area contributed by atoms with Crippen molar-refractivity contribution in [1.82, 2.24) is 9.88 Å². The average Bonchev–Trinajstić information content (AvgIpc) is 2.58. The smallest absolute Gasteiger partial charge is 0.189 e. The van der Waals surface area contributed by atoms with Crippen LogP contribution in [0.25, 0.3) is 10.9 Å². The highest BCUT2D eigenvalue weighted by molar-refractivity contribution is 6.30. The molecule has 4 heteroatoms. The summed E-state index contributed by atoms with van der Waals surface area (Å²) in [7, 11) is 0. The van der Waals surface area contributed by atoms with E-state index in [-0.39, 0.29) is 5.43 Å². The van der Waals surface area contributed by atoms with Crippen LogP contribution in [0, 0.1) is 6.92 Å². The number of H-pyrrole nitrogens is 1. The minimum Gasteiger partial charge on any atom is -0.357 e. The fourth-order valence-corrected chi connectivity index (χ4v) is 3.25. The Morgan fingerprint density at radius 2 is 1.80 bits per heavy atom. The Morgan fingerprint density at radius 1 is 1.04 bits per heavy atom. The van der Waals surface area contributed by atoms with Gasteiger partial charge in [-0.25, -0.2) is 0 Å². The largest absolute Gasteiger partial charge is 0.357 e.